The van der Waals surface area contributed by atoms with Crippen molar-refractivity contribution in [2.24, 2.45) is 0 Å². The summed E-state index contributed by atoms with van der Waals surface area (Å²) in [4.78, 5) is 27.6. The fourth-order valence-corrected chi connectivity index (χ4v) is 3.67. The Morgan fingerprint density at radius 3 is 2.58 bits per heavy atom. The van der Waals surface area contributed by atoms with Crippen molar-refractivity contribution in [3.05, 3.63) is 77.4 Å². The van der Waals surface area contributed by atoms with Crippen LogP contribution in [0.2, 0.25) is 0 Å². The molecule has 2 aromatic heterocycles. The first-order valence-electron chi connectivity index (χ1n) is 8.87. The van der Waals surface area contributed by atoms with Crippen LogP contribution in [0.4, 0.5) is 20.0 Å². The number of rotatable bonds is 5. The zero-order valence-corrected chi connectivity index (χ0v) is 16.4. The van der Waals surface area contributed by atoms with Gasteiger partial charge in [0.2, 0.25) is 0 Å². The molecule has 2 aromatic carbocycles. The van der Waals surface area contributed by atoms with Crippen molar-refractivity contribution in [1.29, 1.82) is 0 Å². The van der Waals surface area contributed by atoms with Gasteiger partial charge in [-0.2, -0.15) is 10.2 Å². The van der Waals surface area contributed by atoms with Crippen LogP contribution in [0.25, 0.3) is 10.2 Å². The SMILES string of the molecule is O=C(Nc1ccc(F)cc1)Nc1nc2ccc(C(O)c3cc(C(=O)O)cnn3)cc2s1. The fourth-order valence-electron chi connectivity index (χ4n) is 2.76. The number of benzene rings is 2. The normalized spacial score (nSPS) is 11.8. The highest BCUT2D eigenvalue weighted by Gasteiger charge is 2.17. The van der Waals surface area contributed by atoms with Gasteiger partial charge in [0.15, 0.2) is 5.13 Å². The molecule has 0 radical (unpaired) electrons. The number of carboxylic acids is 1. The molecule has 1 atom stereocenters. The number of carbonyl (C=O) groups excluding carboxylic acids is 1. The molecule has 2 amide bonds. The van der Waals surface area contributed by atoms with Crippen LogP contribution in [-0.4, -0.2) is 37.4 Å². The van der Waals surface area contributed by atoms with Gasteiger partial charge < -0.3 is 15.5 Å². The van der Waals surface area contributed by atoms with Crippen LogP contribution in [0.15, 0.2) is 54.7 Å². The number of carboxylic acid groups (broad SMARTS) is 1. The maximum atomic E-state index is 13.0. The second-order valence-electron chi connectivity index (χ2n) is 6.41. The van der Waals surface area contributed by atoms with Crippen molar-refractivity contribution in [1.82, 2.24) is 15.2 Å². The zero-order valence-electron chi connectivity index (χ0n) is 15.6. The van der Waals surface area contributed by atoms with Crippen LogP contribution in [-0.2, 0) is 0 Å². The summed E-state index contributed by atoms with van der Waals surface area (Å²) in [6.45, 7) is 0. The average molecular weight is 439 g/mol. The van der Waals surface area contributed by atoms with Crippen LogP contribution >= 0.6 is 11.3 Å². The number of hydrogen-bond acceptors (Lipinski definition) is 7. The van der Waals surface area contributed by atoms with E-state index < -0.39 is 23.9 Å². The van der Waals surface area contributed by atoms with Gasteiger partial charge in [-0.25, -0.2) is 19.0 Å². The van der Waals surface area contributed by atoms with Crippen molar-refractivity contribution in [3.63, 3.8) is 0 Å². The molecule has 0 spiro atoms. The largest absolute Gasteiger partial charge is 0.478 e. The highest BCUT2D eigenvalue weighted by atomic mass is 32.1. The summed E-state index contributed by atoms with van der Waals surface area (Å²) >= 11 is 1.19. The molecule has 1 unspecified atom stereocenters. The van der Waals surface area contributed by atoms with Gasteiger partial charge in [0.25, 0.3) is 0 Å². The third-order valence-corrected chi connectivity index (χ3v) is 5.18. The number of nitrogens with zero attached hydrogens (tertiary/aromatic N) is 3. The van der Waals surface area contributed by atoms with E-state index in [1.807, 2.05) is 0 Å². The van der Waals surface area contributed by atoms with Crippen LogP contribution in [0, 0.1) is 5.82 Å². The number of amides is 2. The fraction of sp³-hybridized carbons (Fsp3) is 0.0500. The molecule has 4 N–H and O–H groups in total. The molecule has 156 valence electrons. The third kappa shape index (κ3) is 4.63. The maximum Gasteiger partial charge on any atom is 0.337 e. The minimum absolute atomic E-state index is 0.0819. The lowest BCUT2D eigenvalue weighted by Crippen LogP contribution is -2.19. The summed E-state index contributed by atoms with van der Waals surface area (Å²) in [5.41, 5.74) is 1.51. The summed E-state index contributed by atoms with van der Waals surface area (Å²) in [6, 6.07) is 11.0. The lowest BCUT2D eigenvalue weighted by atomic mass is 10.1. The number of hydrogen-bond donors (Lipinski definition) is 4. The summed E-state index contributed by atoms with van der Waals surface area (Å²) in [5, 5.41) is 32.6. The molecule has 31 heavy (non-hydrogen) atoms. The second-order valence-corrected chi connectivity index (χ2v) is 7.44. The van der Waals surface area contributed by atoms with Crippen molar-refractivity contribution < 1.29 is 24.2 Å². The summed E-state index contributed by atoms with van der Waals surface area (Å²) in [5.74, 6) is -1.58. The van der Waals surface area contributed by atoms with Gasteiger partial charge in [0.05, 0.1) is 27.7 Å². The van der Waals surface area contributed by atoms with Crippen molar-refractivity contribution in [2.75, 3.05) is 10.6 Å². The smallest absolute Gasteiger partial charge is 0.337 e. The second kappa shape index (κ2) is 8.42. The number of aromatic nitrogens is 3. The summed E-state index contributed by atoms with van der Waals surface area (Å²) in [6.07, 6.45) is -0.0867. The number of carbonyl (C=O) groups is 2. The van der Waals surface area contributed by atoms with Crippen molar-refractivity contribution in [2.45, 2.75) is 6.10 Å². The molecule has 11 heteroatoms. The number of nitrogens with one attached hydrogen (secondary N) is 2. The van der Waals surface area contributed by atoms with Gasteiger partial charge in [-0.15, -0.1) is 0 Å². The predicted octanol–water partition coefficient (Wildman–Crippen LogP) is 3.65. The van der Waals surface area contributed by atoms with E-state index in [1.54, 1.807) is 18.2 Å². The molecule has 0 fully saturated rings. The molecule has 0 aliphatic carbocycles. The number of halogens is 1. The summed E-state index contributed by atoms with van der Waals surface area (Å²) in [7, 11) is 0. The Morgan fingerprint density at radius 1 is 1.06 bits per heavy atom. The first-order valence-corrected chi connectivity index (χ1v) is 9.69. The highest BCUT2D eigenvalue weighted by Crippen LogP contribution is 2.30. The Morgan fingerprint density at radius 2 is 1.84 bits per heavy atom. The monoisotopic (exact) mass is 439 g/mol. The molecule has 0 saturated heterocycles. The Hall–Kier alpha value is -3.96. The molecule has 0 aliphatic heterocycles. The van der Waals surface area contributed by atoms with Crippen molar-refractivity contribution in [3.8, 4) is 0 Å². The third-order valence-electron chi connectivity index (χ3n) is 4.25. The lowest BCUT2D eigenvalue weighted by Gasteiger charge is -2.10. The van der Waals surface area contributed by atoms with Gasteiger partial charge in [-0.1, -0.05) is 17.4 Å². The molecule has 9 nitrogen and oxygen atoms in total. The van der Waals surface area contributed by atoms with E-state index in [2.05, 4.69) is 25.8 Å². The highest BCUT2D eigenvalue weighted by molar-refractivity contribution is 7.22. The number of aliphatic hydroxyl groups excluding tert-OH is 1. The van der Waals surface area contributed by atoms with E-state index in [4.69, 9.17) is 5.11 Å². The Bertz CT molecular complexity index is 1280. The van der Waals surface area contributed by atoms with Gasteiger partial charge >= 0.3 is 12.0 Å². The van der Waals surface area contributed by atoms with Gasteiger partial charge in [0, 0.05) is 5.69 Å². The minimum Gasteiger partial charge on any atom is -0.478 e. The number of aliphatic hydroxyl groups is 1. The summed E-state index contributed by atoms with van der Waals surface area (Å²) < 4.78 is 13.6. The first-order chi connectivity index (χ1) is 14.9. The number of fused-ring (bicyclic) bond motifs is 1. The van der Waals surface area contributed by atoms with Gasteiger partial charge in [0.1, 0.15) is 11.9 Å². The molecule has 0 bridgehead atoms. The molecule has 0 aliphatic rings. The predicted molar refractivity (Wildman–Crippen MR) is 112 cm³/mol. The number of thiazole rings is 1. The Balaban J connectivity index is 1.51. The molecular formula is C20H14FN5O4S. The average Bonchev–Trinajstić information content (AvgIpc) is 3.16. The zero-order chi connectivity index (χ0) is 22.0. The van der Waals surface area contributed by atoms with Gasteiger partial charge in [-0.05, 0) is 48.0 Å². The quantitative estimate of drug-likeness (QED) is 0.372. The molecule has 4 rings (SSSR count). The topological polar surface area (TPSA) is 137 Å². The first kappa shape index (κ1) is 20.3. The van der Waals surface area contributed by atoms with E-state index in [1.165, 1.54) is 41.7 Å². The van der Waals surface area contributed by atoms with E-state index in [0.717, 1.165) is 6.20 Å². The van der Waals surface area contributed by atoms with E-state index in [9.17, 15) is 19.1 Å². The van der Waals surface area contributed by atoms with E-state index in [-0.39, 0.29) is 11.3 Å². The standard InChI is InChI=1S/C20H14FN5O4S/c21-12-2-4-13(5-3-12)23-19(30)25-20-24-14-6-1-10(8-16(14)31-20)17(27)15-7-11(18(28)29)9-22-26-15/h1-9,17,27H,(H,28,29)(H2,23,24,25,30). The molecular weight excluding hydrogens is 425 g/mol. The van der Waals surface area contributed by atoms with Crippen molar-refractivity contribution >= 4 is 44.4 Å². The van der Waals surface area contributed by atoms with E-state index in [0.29, 0.717) is 26.6 Å². The lowest BCUT2D eigenvalue weighted by molar-refractivity contribution is 0.0695. The van der Waals surface area contributed by atoms with Crippen LogP contribution in [0.3, 0.4) is 0 Å². The Labute approximate surface area is 178 Å². The molecule has 4 aromatic rings. The number of anilines is 2. The molecule has 0 saturated carbocycles. The number of aromatic carboxylic acids is 1. The van der Waals surface area contributed by atoms with Crippen LogP contribution in [0.5, 0.6) is 0 Å². The van der Waals surface area contributed by atoms with Crippen LogP contribution in [0.1, 0.15) is 27.7 Å². The maximum absolute atomic E-state index is 13.0. The minimum atomic E-state index is -1.18. The molecule has 2 heterocycles. The van der Waals surface area contributed by atoms with Crippen LogP contribution < -0.4 is 10.6 Å². The Kier molecular flexibility index (Phi) is 5.52. The number of urea groups is 1. The van der Waals surface area contributed by atoms with Gasteiger partial charge in [-0.3, -0.25) is 5.32 Å². The van der Waals surface area contributed by atoms with E-state index >= 15 is 0 Å².